The minimum atomic E-state index is -3.69. The van der Waals surface area contributed by atoms with Crippen molar-refractivity contribution in [1.29, 1.82) is 0 Å². The fourth-order valence-corrected chi connectivity index (χ4v) is 6.54. The molecule has 2 aliphatic heterocycles. The van der Waals surface area contributed by atoms with Crippen LogP contribution in [0.2, 0.25) is 0 Å². The van der Waals surface area contributed by atoms with Crippen LogP contribution >= 0.6 is 0 Å². The molecule has 9 nitrogen and oxygen atoms in total. The van der Waals surface area contributed by atoms with Crippen LogP contribution in [0.15, 0.2) is 29.2 Å². The Labute approximate surface area is 195 Å². The third-order valence-electron chi connectivity index (χ3n) is 6.58. The van der Waals surface area contributed by atoms with Crippen molar-refractivity contribution < 1.29 is 18.0 Å². The molecular weight excluding hydrogens is 442 g/mol. The molecule has 4 rings (SSSR count). The summed E-state index contributed by atoms with van der Waals surface area (Å²) in [4.78, 5) is 29.3. The van der Waals surface area contributed by atoms with E-state index in [1.807, 2.05) is 38.1 Å². The van der Waals surface area contributed by atoms with E-state index in [-0.39, 0.29) is 36.2 Å². The Kier molecular flexibility index (Phi) is 6.32. The Bertz CT molecular complexity index is 1160. The van der Waals surface area contributed by atoms with Gasteiger partial charge in [-0.15, -0.1) is 0 Å². The Morgan fingerprint density at radius 3 is 2.27 bits per heavy atom. The van der Waals surface area contributed by atoms with Crippen LogP contribution in [0.4, 0.5) is 5.69 Å². The van der Waals surface area contributed by atoms with Gasteiger partial charge in [0, 0.05) is 51.4 Å². The van der Waals surface area contributed by atoms with Crippen LogP contribution in [0.5, 0.6) is 0 Å². The number of nitrogens with zero attached hydrogens (tertiary/aromatic N) is 5. The molecule has 0 bridgehead atoms. The minimum absolute atomic E-state index is 0.0581. The lowest BCUT2D eigenvalue weighted by molar-refractivity contribution is -0.136. The summed E-state index contributed by atoms with van der Waals surface area (Å²) in [5.74, 6) is -0.548. The quantitative estimate of drug-likeness (QED) is 0.659. The van der Waals surface area contributed by atoms with Gasteiger partial charge in [-0.3, -0.25) is 14.3 Å². The zero-order chi connectivity index (χ0) is 23.9. The molecule has 0 N–H and O–H groups in total. The molecule has 1 aromatic carbocycles. The molecular formula is C23H31N5O4S. The SMILES string of the molecule is CCn1nc(C)c(S(=O)(=O)N2CCN(C(=O)[C@H]3CC(=O)N(c4ccc(C)cc4)C3)CC2)c1C. The first kappa shape index (κ1) is 23.4. The van der Waals surface area contributed by atoms with Crippen LogP contribution in [-0.4, -0.2) is 71.9 Å². The third kappa shape index (κ3) is 4.29. The summed E-state index contributed by atoms with van der Waals surface area (Å²) in [6.45, 7) is 9.43. The molecule has 33 heavy (non-hydrogen) atoms. The van der Waals surface area contributed by atoms with Gasteiger partial charge in [0.1, 0.15) is 4.90 Å². The lowest BCUT2D eigenvalue weighted by atomic mass is 10.1. The lowest BCUT2D eigenvalue weighted by Crippen LogP contribution is -2.52. The van der Waals surface area contributed by atoms with Gasteiger partial charge < -0.3 is 9.80 Å². The highest BCUT2D eigenvalue weighted by molar-refractivity contribution is 7.89. The van der Waals surface area contributed by atoms with Gasteiger partial charge >= 0.3 is 0 Å². The fraction of sp³-hybridized carbons (Fsp3) is 0.522. The highest BCUT2D eigenvalue weighted by atomic mass is 32.2. The number of benzene rings is 1. The molecule has 2 fully saturated rings. The Morgan fingerprint density at radius 1 is 1.06 bits per heavy atom. The van der Waals surface area contributed by atoms with Gasteiger partial charge in [-0.2, -0.15) is 9.40 Å². The van der Waals surface area contributed by atoms with Crippen molar-refractivity contribution in [2.75, 3.05) is 37.6 Å². The van der Waals surface area contributed by atoms with Crippen molar-refractivity contribution in [3.8, 4) is 0 Å². The van der Waals surface area contributed by atoms with Crippen LogP contribution in [-0.2, 0) is 26.2 Å². The maximum absolute atomic E-state index is 13.3. The molecule has 0 aliphatic carbocycles. The maximum atomic E-state index is 13.3. The third-order valence-corrected chi connectivity index (χ3v) is 8.73. The number of rotatable bonds is 5. The summed E-state index contributed by atoms with van der Waals surface area (Å²) in [6.07, 6.45) is 0.180. The monoisotopic (exact) mass is 473 g/mol. The predicted molar refractivity (Wildman–Crippen MR) is 124 cm³/mol. The van der Waals surface area contributed by atoms with E-state index in [0.717, 1.165) is 11.3 Å². The van der Waals surface area contributed by atoms with Crippen molar-refractivity contribution in [3.63, 3.8) is 0 Å². The van der Waals surface area contributed by atoms with Gasteiger partial charge in [0.15, 0.2) is 0 Å². The van der Waals surface area contributed by atoms with Crippen LogP contribution in [0.25, 0.3) is 0 Å². The van der Waals surface area contributed by atoms with Gasteiger partial charge in [-0.05, 0) is 39.8 Å². The first-order valence-corrected chi connectivity index (χ1v) is 12.8. The van der Waals surface area contributed by atoms with Crippen molar-refractivity contribution in [2.24, 2.45) is 5.92 Å². The number of aromatic nitrogens is 2. The number of sulfonamides is 1. The second-order valence-electron chi connectivity index (χ2n) is 8.79. The van der Waals surface area contributed by atoms with Crippen molar-refractivity contribution in [1.82, 2.24) is 19.0 Å². The lowest BCUT2D eigenvalue weighted by Gasteiger charge is -2.35. The minimum Gasteiger partial charge on any atom is -0.340 e. The topological polar surface area (TPSA) is 95.8 Å². The van der Waals surface area contributed by atoms with E-state index >= 15 is 0 Å². The van der Waals surface area contributed by atoms with Crippen LogP contribution in [0, 0.1) is 26.7 Å². The summed E-state index contributed by atoms with van der Waals surface area (Å²) in [6, 6.07) is 7.69. The smallest absolute Gasteiger partial charge is 0.246 e. The summed E-state index contributed by atoms with van der Waals surface area (Å²) in [5.41, 5.74) is 3.04. The summed E-state index contributed by atoms with van der Waals surface area (Å²) < 4.78 is 29.7. The van der Waals surface area contributed by atoms with Gasteiger partial charge in [-0.25, -0.2) is 8.42 Å². The van der Waals surface area contributed by atoms with Gasteiger partial charge in [-0.1, -0.05) is 17.7 Å². The van der Waals surface area contributed by atoms with E-state index in [1.54, 1.807) is 28.3 Å². The number of carbonyl (C=O) groups is 2. The molecule has 10 heteroatoms. The van der Waals surface area contributed by atoms with Gasteiger partial charge in [0.25, 0.3) is 0 Å². The maximum Gasteiger partial charge on any atom is 0.246 e. The number of piperazine rings is 1. The summed E-state index contributed by atoms with van der Waals surface area (Å²) in [5, 5.41) is 4.34. The first-order valence-electron chi connectivity index (χ1n) is 11.3. The van der Waals surface area contributed by atoms with E-state index in [1.165, 1.54) is 4.31 Å². The number of hydrogen-bond donors (Lipinski definition) is 0. The van der Waals surface area contributed by atoms with Crippen molar-refractivity contribution in [3.05, 3.63) is 41.2 Å². The number of aryl methyl sites for hydroxylation is 3. The first-order chi connectivity index (χ1) is 15.6. The molecule has 1 atom stereocenters. The molecule has 178 valence electrons. The second kappa shape index (κ2) is 8.90. The van der Waals surface area contributed by atoms with E-state index in [0.29, 0.717) is 37.6 Å². The Balaban J connectivity index is 1.41. The fourth-order valence-electron chi connectivity index (χ4n) is 4.75. The van der Waals surface area contributed by atoms with E-state index < -0.39 is 15.9 Å². The molecule has 0 saturated carbocycles. The van der Waals surface area contributed by atoms with Crippen molar-refractivity contribution in [2.45, 2.75) is 45.6 Å². The largest absolute Gasteiger partial charge is 0.340 e. The molecule has 0 unspecified atom stereocenters. The predicted octanol–water partition coefficient (Wildman–Crippen LogP) is 1.71. The molecule has 2 aliphatic rings. The molecule has 2 amide bonds. The van der Waals surface area contributed by atoms with Crippen LogP contribution in [0.3, 0.4) is 0 Å². The zero-order valence-corrected chi connectivity index (χ0v) is 20.4. The zero-order valence-electron chi connectivity index (χ0n) is 19.6. The average molecular weight is 474 g/mol. The van der Waals surface area contributed by atoms with Crippen LogP contribution < -0.4 is 4.90 Å². The van der Waals surface area contributed by atoms with E-state index in [4.69, 9.17) is 0 Å². The number of amides is 2. The normalized spacial score (nSPS) is 20.0. The highest BCUT2D eigenvalue weighted by Gasteiger charge is 2.39. The summed E-state index contributed by atoms with van der Waals surface area (Å²) in [7, 11) is -3.69. The standard InChI is InChI=1S/C23H31N5O4S/c1-5-28-18(4)22(17(3)24-28)33(31,32)26-12-10-25(11-13-26)23(30)19-14-21(29)27(15-19)20-8-6-16(2)7-9-20/h6-9,19H,5,10-15H2,1-4H3/t19-/m0/s1. The Morgan fingerprint density at radius 2 is 1.70 bits per heavy atom. The number of carbonyl (C=O) groups excluding carboxylic acids is 2. The van der Waals surface area contributed by atoms with E-state index in [9.17, 15) is 18.0 Å². The molecule has 2 aromatic rings. The van der Waals surface area contributed by atoms with Crippen LogP contribution in [0.1, 0.15) is 30.3 Å². The van der Waals surface area contributed by atoms with Gasteiger partial charge in [0.2, 0.25) is 21.8 Å². The molecule has 2 saturated heterocycles. The number of hydrogen-bond acceptors (Lipinski definition) is 5. The van der Waals surface area contributed by atoms with Gasteiger partial charge in [0.05, 0.1) is 17.3 Å². The molecule has 3 heterocycles. The molecule has 0 radical (unpaired) electrons. The Hall–Kier alpha value is -2.72. The highest BCUT2D eigenvalue weighted by Crippen LogP contribution is 2.28. The van der Waals surface area contributed by atoms with Crippen molar-refractivity contribution >= 4 is 27.5 Å². The number of anilines is 1. The molecule has 0 spiro atoms. The second-order valence-corrected chi connectivity index (χ2v) is 10.7. The molecule has 1 aromatic heterocycles. The van der Waals surface area contributed by atoms with E-state index in [2.05, 4.69) is 5.10 Å². The summed E-state index contributed by atoms with van der Waals surface area (Å²) >= 11 is 0. The average Bonchev–Trinajstić information content (AvgIpc) is 3.32.